The van der Waals surface area contributed by atoms with Crippen LogP contribution in [0.5, 0.6) is 0 Å². The van der Waals surface area contributed by atoms with Gasteiger partial charge in [-0.25, -0.2) is 13.2 Å². The van der Waals surface area contributed by atoms with E-state index in [-0.39, 0.29) is 30.3 Å². The largest absolute Gasteiger partial charge is 0.480 e. The van der Waals surface area contributed by atoms with Crippen LogP contribution in [0.1, 0.15) is 45.1 Å². The van der Waals surface area contributed by atoms with Crippen molar-refractivity contribution in [2.45, 2.75) is 62.9 Å². The van der Waals surface area contributed by atoms with Gasteiger partial charge in [-0.1, -0.05) is 26.0 Å². The third kappa shape index (κ3) is 6.91. The van der Waals surface area contributed by atoms with Gasteiger partial charge in [-0.05, 0) is 55.6 Å². The third-order valence-electron chi connectivity index (χ3n) is 6.69. The van der Waals surface area contributed by atoms with Gasteiger partial charge in [0.1, 0.15) is 17.0 Å². The Kier molecular flexibility index (Phi) is 8.43. The highest BCUT2D eigenvalue weighted by molar-refractivity contribution is 7.89. The number of carbonyl (C=O) groups is 2. The van der Waals surface area contributed by atoms with E-state index in [4.69, 9.17) is 11.7 Å². The van der Waals surface area contributed by atoms with Crippen molar-refractivity contribution in [1.29, 1.82) is 0 Å². The lowest BCUT2D eigenvalue weighted by Gasteiger charge is -2.38. The Morgan fingerprint density at radius 2 is 2.03 bits per heavy atom. The summed E-state index contributed by atoms with van der Waals surface area (Å²) in [7, 11) is -0.512. The quantitative estimate of drug-likeness (QED) is 0.141. The van der Waals surface area contributed by atoms with Crippen LogP contribution in [0.15, 0.2) is 23.1 Å². The number of aliphatic carboxylic acids is 1. The number of hydrogen-bond acceptors (Lipinski definition) is 7. The van der Waals surface area contributed by atoms with Gasteiger partial charge >= 0.3 is 5.97 Å². The van der Waals surface area contributed by atoms with Crippen LogP contribution in [0.3, 0.4) is 0 Å². The number of fused-ring (bicyclic) bond motifs is 1. The van der Waals surface area contributed by atoms with E-state index in [1.54, 1.807) is 6.07 Å². The molecule has 0 unspecified atom stereocenters. The van der Waals surface area contributed by atoms with E-state index in [0.29, 0.717) is 37.4 Å². The Balaban J connectivity index is 1.89. The Morgan fingerprint density at radius 3 is 2.69 bits per heavy atom. The second-order valence-corrected chi connectivity index (χ2v) is 11.8. The molecule has 0 spiro atoms. The zero-order chi connectivity index (χ0) is 26.0. The summed E-state index contributed by atoms with van der Waals surface area (Å²) in [5, 5.41) is 12.9. The number of piperidine rings is 1. The third-order valence-corrected chi connectivity index (χ3v) is 8.21. The van der Waals surface area contributed by atoms with Crippen LogP contribution in [0.4, 0.5) is 5.69 Å². The van der Waals surface area contributed by atoms with E-state index in [9.17, 15) is 23.1 Å². The summed E-state index contributed by atoms with van der Waals surface area (Å²) in [5.74, 6) is 10.3. The van der Waals surface area contributed by atoms with Gasteiger partial charge in [-0.15, -0.1) is 7.05 Å². The summed E-state index contributed by atoms with van der Waals surface area (Å²) in [5.41, 5.74) is 1.44. The normalized spacial score (nSPS) is 23.8. The summed E-state index contributed by atoms with van der Waals surface area (Å²) in [4.78, 5) is 26.8. The molecule has 1 saturated heterocycles. The highest BCUT2D eigenvalue weighted by Gasteiger charge is 2.39. The lowest BCUT2D eigenvalue weighted by Crippen LogP contribution is -2.57. The van der Waals surface area contributed by atoms with Gasteiger partial charge in [0.2, 0.25) is 15.9 Å². The van der Waals surface area contributed by atoms with Gasteiger partial charge in [0, 0.05) is 13.1 Å². The highest BCUT2D eigenvalue weighted by atomic mass is 32.2. The monoisotopic (exact) mass is 510 g/mol. The molecule has 0 radical (unpaired) electrons. The minimum absolute atomic E-state index is 0.0710. The van der Waals surface area contributed by atoms with Crippen molar-refractivity contribution in [3.8, 4) is 0 Å². The molecule has 4 atom stereocenters. The van der Waals surface area contributed by atoms with Crippen LogP contribution < -0.4 is 21.7 Å². The van der Waals surface area contributed by atoms with Gasteiger partial charge < -0.3 is 20.0 Å². The number of carboxylic acid groups (broad SMARTS) is 1. The van der Waals surface area contributed by atoms with Gasteiger partial charge in [-0.3, -0.25) is 4.79 Å². The molecule has 3 rings (SSSR count). The molecule has 1 aromatic rings. The summed E-state index contributed by atoms with van der Waals surface area (Å²) in [6.45, 7) is 5.12. The smallest absolute Gasteiger partial charge is 0.326 e. The molecule has 1 amide bonds. The fraction of sp³-hybridized carbons (Fsp3) is 0.609. The van der Waals surface area contributed by atoms with Crippen molar-refractivity contribution in [1.82, 2.24) is 9.62 Å². The molecular formula is C23H38N6O5S. The average Bonchev–Trinajstić information content (AvgIpc) is 2.76. The zero-order valence-corrected chi connectivity index (χ0v) is 21.3. The molecule has 1 aromatic carbocycles. The first-order valence-corrected chi connectivity index (χ1v) is 13.5. The van der Waals surface area contributed by atoms with Crippen molar-refractivity contribution in [2.75, 3.05) is 25.0 Å². The number of carboxylic acids is 1. The number of nitrogens with two attached hydrogens (primary N) is 2. The number of rotatable bonds is 9. The second kappa shape index (κ2) is 10.8. The van der Waals surface area contributed by atoms with Crippen LogP contribution in [-0.4, -0.2) is 66.7 Å². The lowest BCUT2D eigenvalue weighted by molar-refractivity contribution is -0.909. The zero-order valence-electron chi connectivity index (χ0n) is 20.4. The van der Waals surface area contributed by atoms with Crippen LogP contribution in [0, 0.1) is 18.9 Å². The molecule has 0 aromatic heterocycles. The number of nitrogens with zero attached hydrogens (tertiary/aromatic N) is 2. The number of quaternary nitrogens is 1. The number of sulfonamides is 1. The maximum Gasteiger partial charge on any atom is 0.326 e. The maximum atomic E-state index is 13.6. The summed E-state index contributed by atoms with van der Waals surface area (Å²) in [6, 6.07) is 2.91. The number of amides is 1. The predicted molar refractivity (Wildman–Crippen MR) is 132 cm³/mol. The number of likely N-dealkylation sites (tertiary alicyclic amines) is 1. The molecule has 2 aliphatic heterocycles. The summed E-state index contributed by atoms with van der Waals surface area (Å²) < 4.78 is 29.0. The number of nitrogens with one attached hydrogen (secondary N) is 2. The van der Waals surface area contributed by atoms with Gasteiger partial charge in [0.25, 0.3) is 0 Å². The van der Waals surface area contributed by atoms with Crippen molar-refractivity contribution < 1.29 is 27.8 Å². The standard InChI is InChI=1S/C23H38N6O5S/c1-15-9-10-28(19(13-15)23(31)32)22(30)18(7-5-11-29(3,24)25)27-35(33,34)20-8-4-6-17-12-16(2)14-26-21(17)20/h4,6,8,15-16,18-19,26-27H,3,5,7,9-14,24-25H2,1-2H3,(H,31,32)/t15-,16-,18+,19-/m1/s1. The van der Waals surface area contributed by atoms with Gasteiger partial charge in [0.15, 0.2) is 0 Å². The molecule has 11 nitrogen and oxygen atoms in total. The first-order chi connectivity index (χ1) is 16.3. The van der Waals surface area contributed by atoms with Crippen molar-refractivity contribution in [3.63, 3.8) is 0 Å². The summed E-state index contributed by atoms with van der Waals surface area (Å²) in [6.07, 6.45) is 2.11. The molecule has 2 aliphatic rings. The molecule has 1 fully saturated rings. The minimum Gasteiger partial charge on any atom is -0.480 e. The minimum atomic E-state index is -4.11. The lowest BCUT2D eigenvalue weighted by atomic mass is 9.91. The number of carbonyl (C=O) groups excluding carboxylic acids is 1. The average molecular weight is 511 g/mol. The Bertz CT molecular complexity index is 1040. The summed E-state index contributed by atoms with van der Waals surface area (Å²) >= 11 is 0. The number of anilines is 1. The van der Waals surface area contributed by atoms with Crippen LogP contribution in [0.25, 0.3) is 0 Å². The van der Waals surface area contributed by atoms with E-state index < -0.39 is 38.7 Å². The van der Waals surface area contributed by atoms with Crippen molar-refractivity contribution >= 4 is 27.6 Å². The Labute approximate surface area is 207 Å². The van der Waals surface area contributed by atoms with Gasteiger partial charge in [0.05, 0.1) is 12.2 Å². The molecule has 0 saturated carbocycles. The Hall–Kier alpha value is -2.25. The van der Waals surface area contributed by atoms with Crippen LogP contribution >= 0.6 is 0 Å². The topological polar surface area (TPSA) is 168 Å². The SMILES string of the molecule is [CH2-][N+](N)(N)CCC[C@H](NS(=O)(=O)c1cccc2c1NC[C@H](C)C2)C(=O)N1CC[C@@H](C)C[C@@H]1C(=O)O. The van der Waals surface area contributed by atoms with Crippen LogP contribution in [-0.2, 0) is 26.0 Å². The fourth-order valence-corrected chi connectivity index (χ4v) is 6.26. The van der Waals surface area contributed by atoms with E-state index in [1.807, 2.05) is 13.0 Å². The Morgan fingerprint density at radius 1 is 1.31 bits per heavy atom. The highest BCUT2D eigenvalue weighted by Crippen LogP contribution is 2.32. The number of benzene rings is 1. The van der Waals surface area contributed by atoms with E-state index >= 15 is 0 Å². The second-order valence-electron chi connectivity index (χ2n) is 10.1. The molecular weight excluding hydrogens is 472 g/mol. The molecule has 12 heteroatoms. The molecule has 7 N–H and O–H groups in total. The predicted octanol–water partition coefficient (Wildman–Crippen LogP) is 0.785. The van der Waals surface area contributed by atoms with Gasteiger partial charge in [-0.2, -0.15) is 16.4 Å². The first-order valence-electron chi connectivity index (χ1n) is 12.0. The first kappa shape index (κ1) is 27.3. The van der Waals surface area contributed by atoms with E-state index in [0.717, 1.165) is 12.0 Å². The fourth-order valence-electron chi connectivity index (χ4n) is 4.81. The van der Waals surface area contributed by atoms with Crippen LogP contribution in [0.2, 0.25) is 0 Å². The molecule has 196 valence electrons. The molecule has 35 heavy (non-hydrogen) atoms. The molecule has 2 heterocycles. The molecule has 0 bridgehead atoms. The number of para-hydroxylation sites is 1. The maximum absolute atomic E-state index is 13.6. The van der Waals surface area contributed by atoms with E-state index in [1.165, 1.54) is 11.0 Å². The number of hydrogen-bond donors (Lipinski definition) is 5. The van der Waals surface area contributed by atoms with Crippen molar-refractivity contribution in [2.24, 2.45) is 23.5 Å². The van der Waals surface area contributed by atoms with Crippen molar-refractivity contribution in [3.05, 3.63) is 30.8 Å². The van der Waals surface area contributed by atoms with E-state index in [2.05, 4.69) is 24.0 Å². The molecule has 0 aliphatic carbocycles.